The lowest BCUT2D eigenvalue weighted by Crippen LogP contribution is -2.53. The van der Waals surface area contributed by atoms with Crippen molar-refractivity contribution < 1.29 is 14.3 Å². The summed E-state index contributed by atoms with van der Waals surface area (Å²) in [5.41, 5.74) is 0.895. The molecule has 0 spiro atoms. The Balaban J connectivity index is 1.88. The maximum Gasteiger partial charge on any atom is 0.311 e. The summed E-state index contributed by atoms with van der Waals surface area (Å²) in [5, 5.41) is 0. The molecule has 134 valence electrons. The average molecular weight is 332 g/mol. The highest BCUT2D eigenvalue weighted by molar-refractivity contribution is 5.77. The lowest BCUT2D eigenvalue weighted by molar-refractivity contribution is -0.168. The zero-order valence-electron chi connectivity index (χ0n) is 15.7. The van der Waals surface area contributed by atoms with Gasteiger partial charge in [0.15, 0.2) is 0 Å². The number of carbonyl (C=O) groups excluding carboxylic acids is 1. The maximum atomic E-state index is 12.6. The molecule has 0 radical (unpaired) electrons. The van der Waals surface area contributed by atoms with E-state index in [1.165, 1.54) is 12.7 Å². The minimum Gasteiger partial charge on any atom is -0.469 e. The van der Waals surface area contributed by atoms with Crippen LogP contribution in [0.1, 0.15) is 59.3 Å². The number of allylic oxidation sites excluding steroid dienone is 1. The van der Waals surface area contributed by atoms with E-state index in [4.69, 9.17) is 9.47 Å². The van der Waals surface area contributed by atoms with Crippen molar-refractivity contribution in [2.75, 3.05) is 7.11 Å². The van der Waals surface area contributed by atoms with Crippen LogP contribution >= 0.6 is 0 Å². The fourth-order valence-electron chi connectivity index (χ4n) is 5.81. The molecule has 3 rings (SSSR count). The Kier molecular flexibility index (Phi) is 4.23. The number of methoxy groups -OCH3 is 1. The van der Waals surface area contributed by atoms with E-state index in [0.29, 0.717) is 11.8 Å². The number of carbonyl (C=O) groups is 1. The molecule has 6 atom stereocenters. The molecule has 1 aliphatic heterocycles. The van der Waals surface area contributed by atoms with Crippen molar-refractivity contribution in [1.82, 2.24) is 0 Å². The van der Waals surface area contributed by atoms with Gasteiger partial charge < -0.3 is 9.47 Å². The van der Waals surface area contributed by atoms with Crippen LogP contribution in [0, 0.1) is 22.7 Å². The fourth-order valence-corrected chi connectivity index (χ4v) is 5.81. The summed E-state index contributed by atoms with van der Waals surface area (Å²) >= 11 is 0. The van der Waals surface area contributed by atoms with Crippen molar-refractivity contribution in [1.29, 1.82) is 0 Å². The second-order valence-electron chi connectivity index (χ2n) is 8.80. The highest BCUT2D eigenvalue weighted by Gasteiger charge is 2.60. The molecule has 3 fully saturated rings. The van der Waals surface area contributed by atoms with Gasteiger partial charge in [0.25, 0.3) is 0 Å². The number of hydrogen-bond donors (Lipinski definition) is 0. The summed E-state index contributed by atoms with van der Waals surface area (Å²) in [6.45, 7) is 14.9. The number of ether oxygens (including phenoxy) is 2. The molecule has 0 aromatic rings. The van der Waals surface area contributed by atoms with Gasteiger partial charge in [0.2, 0.25) is 0 Å². The Hall–Kier alpha value is -1.09. The van der Waals surface area contributed by atoms with E-state index in [2.05, 4.69) is 33.9 Å². The summed E-state index contributed by atoms with van der Waals surface area (Å²) in [4.78, 5) is 12.6. The first-order valence-corrected chi connectivity index (χ1v) is 9.29. The zero-order chi connectivity index (χ0) is 17.8. The van der Waals surface area contributed by atoms with E-state index >= 15 is 0 Å². The van der Waals surface area contributed by atoms with Gasteiger partial charge in [-0.3, -0.25) is 4.79 Å². The van der Waals surface area contributed by atoms with Crippen LogP contribution in [0.15, 0.2) is 24.8 Å². The summed E-state index contributed by atoms with van der Waals surface area (Å²) < 4.78 is 11.1. The van der Waals surface area contributed by atoms with Crippen LogP contribution in [0.25, 0.3) is 0 Å². The smallest absolute Gasteiger partial charge is 0.311 e. The van der Waals surface area contributed by atoms with Gasteiger partial charge in [0.05, 0.1) is 18.6 Å². The van der Waals surface area contributed by atoms with E-state index in [1.807, 2.05) is 6.08 Å². The van der Waals surface area contributed by atoms with Crippen molar-refractivity contribution in [2.45, 2.75) is 71.0 Å². The van der Waals surface area contributed by atoms with E-state index < -0.39 is 0 Å². The predicted octanol–water partition coefficient (Wildman–Crippen LogP) is 4.67. The molecular weight excluding hydrogens is 300 g/mol. The SMILES string of the molecule is C=CC1(C)OC1C[C@H]1C(=C)CC[C@@H]2[C@]1(C)CCC[C@]2(C)C(=O)OC. The Bertz CT molecular complexity index is 567. The number of epoxide rings is 1. The standard InChI is InChI=1S/C21H32O3/c1-7-21(5)17(24-21)13-15-14(2)9-10-16-19(15,3)11-8-12-20(16,4)18(22)23-6/h7,15-17H,1-2,8-13H2,3-6H3/t15-,16+,17?,19+,20-,21?/m0/s1. The molecule has 2 saturated carbocycles. The van der Waals surface area contributed by atoms with Crippen LogP contribution in [-0.2, 0) is 14.3 Å². The molecule has 3 aliphatic rings. The lowest BCUT2D eigenvalue weighted by atomic mass is 9.46. The summed E-state index contributed by atoms with van der Waals surface area (Å²) in [6.07, 6.45) is 8.37. The summed E-state index contributed by atoms with van der Waals surface area (Å²) in [7, 11) is 1.52. The molecule has 2 aliphatic carbocycles. The molecule has 3 heteroatoms. The maximum absolute atomic E-state index is 12.6. The molecule has 0 bridgehead atoms. The first-order valence-electron chi connectivity index (χ1n) is 9.29. The highest BCUT2D eigenvalue weighted by atomic mass is 16.6. The van der Waals surface area contributed by atoms with Crippen LogP contribution in [-0.4, -0.2) is 24.8 Å². The Morgan fingerprint density at radius 2 is 2.08 bits per heavy atom. The van der Waals surface area contributed by atoms with Gasteiger partial charge >= 0.3 is 5.97 Å². The van der Waals surface area contributed by atoms with E-state index in [1.54, 1.807) is 0 Å². The van der Waals surface area contributed by atoms with Crippen molar-refractivity contribution >= 4 is 5.97 Å². The Morgan fingerprint density at radius 1 is 1.38 bits per heavy atom. The van der Waals surface area contributed by atoms with Crippen LogP contribution in [0.4, 0.5) is 0 Å². The molecule has 2 unspecified atom stereocenters. The van der Waals surface area contributed by atoms with Gasteiger partial charge in [-0.05, 0) is 63.2 Å². The second-order valence-corrected chi connectivity index (χ2v) is 8.80. The minimum absolute atomic E-state index is 0.0386. The quantitative estimate of drug-likeness (QED) is 0.426. The topological polar surface area (TPSA) is 38.8 Å². The molecule has 1 heterocycles. The number of rotatable bonds is 4. The van der Waals surface area contributed by atoms with Gasteiger partial charge in [-0.15, -0.1) is 6.58 Å². The van der Waals surface area contributed by atoms with Gasteiger partial charge in [-0.1, -0.05) is 31.6 Å². The van der Waals surface area contributed by atoms with Gasteiger partial charge in [0, 0.05) is 0 Å². The van der Waals surface area contributed by atoms with E-state index in [-0.39, 0.29) is 28.5 Å². The fraction of sp³-hybridized carbons (Fsp3) is 0.762. The molecule has 0 aromatic carbocycles. The average Bonchev–Trinajstić information content (AvgIpc) is 3.20. The van der Waals surface area contributed by atoms with Crippen molar-refractivity contribution in [2.24, 2.45) is 22.7 Å². The largest absolute Gasteiger partial charge is 0.469 e. The van der Waals surface area contributed by atoms with Crippen molar-refractivity contribution in [3.8, 4) is 0 Å². The molecule has 3 nitrogen and oxygen atoms in total. The third-order valence-corrected chi connectivity index (χ3v) is 7.50. The van der Waals surface area contributed by atoms with Crippen LogP contribution < -0.4 is 0 Å². The summed E-state index contributed by atoms with van der Waals surface area (Å²) in [6, 6.07) is 0. The van der Waals surface area contributed by atoms with Crippen molar-refractivity contribution in [3.05, 3.63) is 24.8 Å². The lowest BCUT2D eigenvalue weighted by Gasteiger charge is -2.57. The Morgan fingerprint density at radius 3 is 2.67 bits per heavy atom. The molecule has 1 saturated heterocycles. The normalized spacial score (nSPS) is 47.7. The highest BCUT2D eigenvalue weighted by Crippen LogP contribution is 2.63. The molecule has 0 amide bonds. The number of hydrogen-bond acceptors (Lipinski definition) is 3. The van der Waals surface area contributed by atoms with Crippen LogP contribution in [0.2, 0.25) is 0 Å². The predicted molar refractivity (Wildman–Crippen MR) is 95.5 cm³/mol. The van der Waals surface area contributed by atoms with Crippen LogP contribution in [0.5, 0.6) is 0 Å². The van der Waals surface area contributed by atoms with E-state index in [0.717, 1.165) is 38.5 Å². The third-order valence-electron chi connectivity index (χ3n) is 7.50. The minimum atomic E-state index is -0.368. The third kappa shape index (κ3) is 2.47. The van der Waals surface area contributed by atoms with Gasteiger partial charge in [0.1, 0.15) is 5.60 Å². The molecular formula is C21H32O3. The summed E-state index contributed by atoms with van der Waals surface area (Å²) in [5.74, 6) is 0.728. The zero-order valence-corrected chi connectivity index (χ0v) is 15.7. The Labute approximate surface area is 146 Å². The van der Waals surface area contributed by atoms with Gasteiger partial charge in [-0.2, -0.15) is 0 Å². The molecule has 0 aromatic heterocycles. The number of fused-ring (bicyclic) bond motifs is 1. The van der Waals surface area contributed by atoms with Crippen LogP contribution in [0.3, 0.4) is 0 Å². The molecule has 24 heavy (non-hydrogen) atoms. The van der Waals surface area contributed by atoms with E-state index in [9.17, 15) is 4.79 Å². The first kappa shape index (κ1) is 17.7. The van der Waals surface area contributed by atoms with Crippen molar-refractivity contribution in [3.63, 3.8) is 0 Å². The number of esters is 1. The van der Waals surface area contributed by atoms with Gasteiger partial charge in [-0.25, -0.2) is 0 Å². The monoisotopic (exact) mass is 332 g/mol. The molecule has 0 N–H and O–H groups in total. The first-order chi connectivity index (χ1) is 11.2. The second kappa shape index (κ2) is 5.72.